The lowest BCUT2D eigenvalue weighted by molar-refractivity contribution is -0.384. The molecule has 1 saturated heterocycles. The van der Waals surface area contributed by atoms with Crippen LogP contribution >= 0.6 is 0 Å². The number of nitrogens with zero attached hydrogens (tertiary/aromatic N) is 2. The third-order valence-electron chi connectivity index (χ3n) is 6.27. The Hall–Kier alpha value is -4.46. The number of H-pyrrole nitrogens is 1. The van der Waals surface area contributed by atoms with E-state index in [1.54, 1.807) is 42.6 Å². The number of ether oxygens (including phenoxy) is 1. The maximum atomic E-state index is 13.6. The molecule has 1 aromatic heterocycles. The van der Waals surface area contributed by atoms with E-state index in [-0.39, 0.29) is 17.0 Å². The zero-order chi connectivity index (χ0) is 24.4. The highest BCUT2D eigenvalue weighted by Crippen LogP contribution is 2.33. The molecule has 1 aliphatic heterocycles. The molecule has 3 aromatic carbocycles. The van der Waals surface area contributed by atoms with Crippen molar-refractivity contribution in [1.82, 2.24) is 4.98 Å². The van der Waals surface area contributed by atoms with E-state index < -0.39 is 17.0 Å². The Morgan fingerprint density at radius 1 is 0.971 bits per heavy atom. The first-order valence-electron chi connectivity index (χ1n) is 11.4. The molecule has 1 fully saturated rings. The molecule has 0 bridgehead atoms. The van der Waals surface area contributed by atoms with Crippen molar-refractivity contribution in [3.8, 4) is 0 Å². The van der Waals surface area contributed by atoms with E-state index in [2.05, 4.69) is 4.98 Å². The summed E-state index contributed by atoms with van der Waals surface area (Å²) in [6.07, 6.45) is 2.33. The fourth-order valence-electron chi connectivity index (χ4n) is 4.51. The summed E-state index contributed by atoms with van der Waals surface area (Å²) in [5, 5.41) is 12.5. The quantitative estimate of drug-likeness (QED) is 0.167. The van der Waals surface area contributed by atoms with Crippen molar-refractivity contribution in [2.45, 2.75) is 18.9 Å². The maximum Gasteiger partial charge on any atom is 0.339 e. The molecule has 0 unspecified atom stereocenters. The zero-order valence-electron chi connectivity index (χ0n) is 18.8. The molecule has 176 valence electrons. The number of hydrogen-bond acceptors (Lipinski definition) is 6. The number of para-hydroxylation sites is 1. The highest BCUT2D eigenvalue weighted by Gasteiger charge is 2.30. The number of benzene rings is 3. The van der Waals surface area contributed by atoms with Crippen LogP contribution in [0.1, 0.15) is 45.2 Å². The van der Waals surface area contributed by atoms with Gasteiger partial charge in [-0.2, -0.15) is 0 Å². The highest BCUT2D eigenvalue weighted by atomic mass is 16.6. The standard InChI is InChI=1S/C27H23N3O5/c31-25(21-17-28-22-11-5-4-10-20(21)22)26(18-8-2-1-3-9-18)35-27(32)19-12-13-23(24(16-19)30(33)34)29-14-6-7-15-29/h1-5,8-13,16-17,26,28H,6-7,14-15H2/t26-/m0/s1. The number of rotatable bonds is 7. The lowest BCUT2D eigenvalue weighted by atomic mass is 9.99. The molecule has 0 aliphatic carbocycles. The molecule has 1 N–H and O–H groups in total. The molecule has 0 amide bonds. The molecule has 1 atom stereocenters. The molecule has 0 spiro atoms. The molecule has 8 nitrogen and oxygen atoms in total. The van der Waals surface area contributed by atoms with Crippen LogP contribution in [0, 0.1) is 10.1 Å². The highest BCUT2D eigenvalue weighted by molar-refractivity contribution is 6.11. The van der Waals surface area contributed by atoms with Gasteiger partial charge in [-0.15, -0.1) is 0 Å². The fraction of sp³-hybridized carbons (Fsp3) is 0.185. The number of hydrogen-bond donors (Lipinski definition) is 1. The number of nitro benzene ring substituents is 1. The summed E-state index contributed by atoms with van der Waals surface area (Å²) in [6.45, 7) is 1.47. The van der Waals surface area contributed by atoms with Gasteiger partial charge in [0.15, 0.2) is 6.10 Å². The summed E-state index contributed by atoms with van der Waals surface area (Å²) in [5.41, 5.74) is 2.06. The molecule has 35 heavy (non-hydrogen) atoms. The predicted molar refractivity (Wildman–Crippen MR) is 132 cm³/mol. The van der Waals surface area contributed by atoms with E-state index in [4.69, 9.17) is 4.74 Å². The number of anilines is 1. The first-order chi connectivity index (χ1) is 17.0. The van der Waals surface area contributed by atoms with Crippen LogP contribution in [0.2, 0.25) is 0 Å². The van der Waals surface area contributed by atoms with Crippen molar-refractivity contribution in [3.05, 3.63) is 106 Å². The molecule has 0 radical (unpaired) electrons. The van der Waals surface area contributed by atoms with Crippen molar-refractivity contribution in [3.63, 3.8) is 0 Å². The fourth-order valence-corrected chi connectivity index (χ4v) is 4.51. The average molecular weight is 469 g/mol. The smallest absolute Gasteiger partial charge is 0.339 e. The minimum absolute atomic E-state index is 0.0207. The molecule has 0 saturated carbocycles. The van der Waals surface area contributed by atoms with Gasteiger partial charge in [0.1, 0.15) is 5.69 Å². The summed E-state index contributed by atoms with van der Waals surface area (Å²) in [5.74, 6) is -1.19. The van der Waals surface area contributed by atoms with Gasteiger partial charge in [-0.3, -0.25) is 14.9 Å². The Morgan fingerprint density at radius 2 is 1.69 bits per heavy atom. The van der Waals surface area contributed by atoms with Crippen LogP contribution < -0.4 is 4.90 Å². The van der Waals surface area contributed by atoms with Gasteiger partial charge in [0.25, 0.3) is 5.69 Å². The second kappa shape index (κ2) is 9.42. The Balaban J connectivity index is 1.48. The van der Waals surface area contributed by atoms with E-state index in [1.165, 1.54) is 12.1 Å². The van der Waals surface area contributed by atoms with E-state index in [0.717, 1.165) is 36.8 Å². The van der Waals surface area contributed by atoms with E-state index in [1.807, 2.05) is 29.2 Å². The zero-order valence-corrected chi connectivity index (χ0v) is 18.8. The van der Waals surface area contributed by atoms with Gasteiger partial charge in [0.2, 0.25) is 5.78 Å². The van der Waals surface area contributed by atoms with Gasteiger partial charge in [0, 0.05) is 47.4 Å². The number of carbonyl (C=O) groups is 2. The van der Waals surface area contributed by atoms with Crippen LogP contribution in [0.15, 0.2) is 79.0 Å². The molecule has 1 aliphatic rings. The van der Waals surface area contributed by atoms with Crippen molar-refractivity contribution >= 4 is 34.0 Å². The maximum absolute atomic E-state index is 13.6. The third kappa shape index (κ3) is 4.38. The Labute approximate surface area is 201 Å². The lowest BCUT2D eigenvalue weighted by Crippen LogP contribution is -2.21. The summed E-state index contributed by atoms with van der Waals surface area (Å²) < 4.78 is 5.72. The second-order valence-corrected chi connectivity index (χ2v) is 8.46. The van der Waals surface area contributed by atoms with Crippen molar-refractivity contribution < 1.29 is 19.2 Å². The van der Waals surface area contributed by atoms with E-state index >= 15 is 0 Å². The van der Waals surface area contributed by atoms with Gasteiger partial charge in [-0.25, -0.2) is 4.79 Å². The summed E-state index contributed by atoms with van der Waals surface area (Å²) in [6, 6.07) is 20.4. The molecular formula is C27H23N3O5. The largest absolute Gasteiger partial charge is 0.445 e. The van der Waals surface area contributed by atoms with E-state index in [9.17, 15) is 19.7 Å². The number of nitro groups is 1. The van der Waals surface area contributed by atoms with Crippen LogP contribution in [0.25, 0.3) is 10.9 Å². The normalized spacial score (nSPS) is 14.1. The van der Waals surface area contributed by atoms with Crippen molar-refractivity contribution in [1.29, 1.82) is 0 Å². The lowest BCUT2D eigenvalue weighted by Gasteiger charge is -2.19. The topological polar surface area (TPSA) is 106 Å². The van der Waals surface area contributed by atoms with Crippen molar-refractivity contribution in [2.24, 2.45) is 0 Å². The van der Waals surface area contributed by atoms with Crippen LogP contribution in [0.3, 0.4) is 0 Å². The number of aromatic nitrogens is 1. The Kier molecular flexibility index (Phi) is 6.01. The summed E-state index contributed by atoms with van der Waals surface area (Å²) >= 11 is 0. The van der Waals surface area contributed by atoms with Crippen LogP contribution in [-0.4, -0.2) is 34.7 Å². The van der Waals surface area contributed by atoms with Crippen LogP contribution in [0.4, 0.5) is 11.4 Å². The van der Waals surface area contributed by atoms with Gasteiger partial charge >= 0.3 is 5.97 Å². The number of ketones is 1. The number of nitrogens with one attached hydrogen (secondary N) is 1. The van der Waals surface area contributed by atoms with Crippen LogP contribution in [0.5, 0.6) is 0 Å². The number of Topliss-reactive ketones (excluding diaryl/α,β-unsaturated/α-hetero) is 1. The summed E-state index contributed by atoms with van der Waals surface area (Å²) in [4.78, 5) is 43.0. The van der Waals surface area contributed by atoms with Gasteiger partial charge in [0.05, 0.1) is 10.5 Å². The number of aromatic amines is 1. The molecule has 2 heterocycles. The number of fused-ring (bicyclic) bond motifs is 1. The molecule has 5 rings (SSSR count). The number of esters is 1. The van der Waals surface area contributed by atoms with Gasteiger partial charge in [-0.1, -0.05) is 48.5 Å². The minimum Gasteiger partial charge on any atom is -0.445 e. The molecule has 4 aromatic rings. The third-order valence-corrected chi connectivity index (χ3v) is 6.27. The Bertz CT molecular complexity index is 1410. The van der Waals surface area contributed by atoms with E-state index in [0.29, 0.717) is 16.8 Å². The molecular weight excluding hydrogens is 446 g/mol. The second-order valence-electron chi connectivity index (χ2n) is 8.46. The first-order valence-corrected chi connectivity index (χ1v) is 11.4. The Morgan fingerprint density at radius 3 is 2.43 bits per heavy atom. The van der Waals surface area contributed by atoms with Gasteiger partial charge in [-0.05, 0) is 31.0 Å². The predicted octanol–water partition coefficient (Wildman–Crippen LogP) is 5.46. The number of carbonyl (C=O) groups excluding carboxylic acids is 2. The van der Waals surface area contributed by atoms with Crippen LogP contribution in [-0.2, 0) is 4.74 Å². The van der Waals surface area contributed by atoms with Crippen molar-refractivity contribution in [2.75, 3.05) is 18.0 Å². The molecule has 8 heteroatoms. The SMILES string of the molecule is O=C(O[C@H](C(=O)c1c[nH]c2ccccc12)c1ccccc1)c1ccc(N2CCCC2)c([N+](=O)[O-])c1. The average Bonchev–Trinajstić information content (AvgIpc) is 3.57. The first kappa shape index (κ1) is 22.3. The minimum atomic E-state index is -1.21. The summed E-state index contributed by atoms with van der Waals surface area (Å²) in [7, 11) is 0. The van der Waals surface area contributed by atoms with Gasteiger partial charge < -0.3 is 14.6 Å². The monoisotopic (exact) mass is 469 g/mol.